The molecule has 0 aromatic heterocycles. The molecule has 1 aromatic carbocycles. The summed E-state index contributed by atoms with van der Waals surface area (Å²) in [6.45, 7) is 0. The fourth-order valence-corrected chi connectivity index (χ4v) is 1.14. The number of carboxylic acids is 1. The first kappa shape index (κ1) is 12.6. The maximum Gasteiger partial charge on any atom is 0.338 e. The molecule has 0 aliphatic rings. The zero-order chi connectivity index (χ0) is 12.7. The van der Waals surface area contributed by atoms with Gasteiger partial charge in [0.25, 0.3) is 0 Å². The number of hydrazine groups is 1. The largest absolute Gasteiger partial charge is 0.497 e. The van der Waals surface area contributed by atoms with Crippen LogP contribution in [0.25, 0.3) is 0 Å². The molecule has 0 bridgehead atoms. The van der Waals surface area contributed by atoms with Crippen LogP contribution in [0.5, 0.6) is 5.75 Å². The van der Waals surface area contributed by atoms with Crippen molar-refractivity contribution < 1.29 is 19.4 Å². The Morgan fingerprint density at radius 1 is 1.47 bits per heavy atom. The summed E-state index contributed by atoms with van der Waals surface area (Å²) in [5.41, 5.74) is 5.65. The van der Waals surface area contributed by atoms with Gasteiger partial charge in [-0.1, -0.05) is 0 Å². The number of carboxylic acid groups (broad SMARTS) is 1. The van der Waals surface area contributed by atoms with Crippen molar-refractivity contribution in [1.82, 2.24) is 5.43 Å². The summed E-state index contributed by atoms with van der Waals surface area (Å²) < 4.78 is 4.93. The van der Waals surface area contributed by atoms with E-state index in [1.54, 1.807) is 12.1 Å². The normalized spacial score (nSPS) is 9.94. The molecule has 0 radical (unpaired) electrons. The minimum atomic E-state index is -1.08. The maximum atomic E-state index is 11.0. The molecule has 0 unspecified atom stereocenters. The number of aldehydes is 1. The van der Waals surface area contributed by atoms with Gasteiger partial charge in [-0.05, 0) is 24.3 Å². The molecule has 0 saturated carbocycles. The number of benzene rings is 1. The third kappa shape index (κ3) is 3.53. The Morgan fingerprint density at radius 3 is 2.82 bits per heavy atom. The van der Waals surface area contributed by atoms with Crippen molar-refractivity contribution in [3.05, 3.63) is 36.0 Å². The van der Waals surface area contributed by atoms with Gasteiger partial charge in [0.2, 0.25) is 0 Å². The lowest BCUT2D eigenvalue weighted by atomic mass is 10.2. The van der Waals surface area contributed by atoms with Gasteiger partial charge in [0.05, 0.1) is 18.4 Å². The van der Waals surface area contributed by atoms with Gasteiger partial charge >= 0.3 is 5.97 Å². The molecule has 0 heterocycles. The van der Waals surface area contributed by atoms with Crippen LogP contribution in [-0.2, 0) is 4.79 Å². The predicted octanol–water partition coefficient (Wildman–Crippen LogP) is 1.02. The van der Waals surface area contributed by atoms with Crippen molar-refractivity contribution in [1.29, 1.82) is 0 Å². The van der Waals surface area contributed by atoms with E-state index in [1.807, 2.05) is 0 Å². The molecule has 90 valence electrons. The fraction of sp³-hybridized carbons (Fsp3) is 0.0909. The standard InChI is InChI=1S/C11H12N2O4/c1-17-8-3-4-10(9(7-8)11(15)16)13-12-5-2-6-14/h2-7,12-13H,1H3,(H,15,16). The van der Waals surface area contributed by atoms with Crippen LogP contribution in [-0.4, -0.2) is 24.5 Å². The Bertz CT molecular complexity index is 443. The SMILES string of the molecule is COc1ccc(NNC=CC=O)c(C(=O)O)c1. The second-order valence-electron chi connectivity index (χ2n) is 2.98. The second-order valence-corrected chi connectivity index (χ2v) is 2.98. The van der Waals surface area contributed by atoms with Crippen molar-refractivity contribution in [2.45, 2.75) is 0 Å². The molecule has 0 aliphatic carbocycles. The molecule has 0 atom stereocenters. The third-order valence-electron chi connectivity index (χ3n) is 1.92. The van der Waals surface area contributed by atoms with Gasteiger partial charge in [0.15, 0.2) is 0 Å². The Hall–Kier alpha value is -2.50. The topological polar surface area (TPSA) is 87.7 Å². The first-order valence-electron chi connectivity index (χ1n) is 4.72. The van der Waals surface area contributed by atoms with Gasteiger partial charge in [-0.3, -0.25) is 4.79 Å². The Kier molecular flexibility index (Phi) is 4.56. The average Bonchev–Trinajstić information content (AvgIpc) is 2.34. The Labute approximate surface area is 97.9 Å². The van der Waals surface area contributed by atoms with E-state index in [2.05, 4.69) is 10.9 Å². The van der Waals surface area contributed by atoms with Crippen LogP contribution in [0.4, 0.5) is 5.69 Å². The molecule has 0 aliphatic heterocycles. The quantitative estimate of drug-likeness (QED) is 0.388. The summed E-state index contributed by atoms with van der Waals surface area (Å²) in [5, 5.41) is 8.99. The van der Waals surface area contributed by atoms with Crippen molar-refractivity contribution in [2.75, 3.05) is 12.5 Å². The number of hydrogen-bond donors (Lipinski definition) is 3. The second kappa shape index (κ2) is 6.16. The minimum Gasteiger partial charge on any atom is -0.497 e. The van der Waals surface area contributed by atoms with Crippen LogP contribution in [0, 0.1) is 0 Å². The van der Waals surface area contributed by atoms with E-state index in [4.69, 9.17) is 9.84 Å². The molecule has 0 amide bonds. The number of rotatable bonds is 6. The van der Waals surface area contributed by atoms with Crippen LogP contribution in [0.15, 0.2) is 30.5 Å². The first-order valence-corrected chi connectivity index (χ1v) is 4.72. The average molecular weight is 236 g/mol. The summed E-state index contributed by atoms with van der Waals surface area (Å²) in [6.07, 6.45) is 3.18. The van der Waals surface area contributed by atoms with Gasteiger partial charge in [-0.15, -0.1) is 0 Å². The molecular weight excluding hydrogens is 224 g/mol. The highest BCUT2D eigenvalue weighted by Crippen LogP contribution is 2.21. The van der Waals surface area contributed by atoms with Crippen molar-refractivity contribution in [3.63, 3.8) is 0 Å². The van der Waals surface area contributed by atoms with Crippen molar-refractivity contribution in [3.8, 4) is 5.75 Å². The monoisotopic (exact) mass is 236 g/mol. The van der Waals surface area contributed by atoms with Crippen molar-refractivity contribution in [2.24, 2.45) is 0 Å². The molecular formula is C11H12N2O4. The molecule has 3 N–H and O–H groups in total. The van der Waals surface area contributed by atoms with E-state index in [9.17, 15) is 9.59 Å². The zero-order valence-corrected chi connectivity index (χ0v) is 9.14. The number of aromatic carboxylic acids is 1. The number of carbonyl (C=O) groups excluding carboxylic acids is 1. The number of nitrogens with one attached hydrogen (secondary N) is 2. The van der Waals surface area contributed by atoms with Gasteiger partial charge in [0.1, 0.15) is 12.0 Å². The number of hydrogen-bond acceptors (Lipinski definition) is 5. The molecule has 6 heteroatoms. The van der Waals surface area contributed by atoms with Crippen molar-refractivity contribution >= 4 is 17.9 Å². The number of allylic oxidation sites excluding steroid dienone is 1. The predicted molar refractivity (Wildman–Crippen MR) is 61.9 cm³/mol. The van der Waals surface area contributed by atoms with Crippen LogP contribution in [0.1, 0.15) is 10.4 Å². The smallest absolute Gasteiger partial charge is 0.338 e. The summed E-state index contributed by atoms with van der Waals surface area (Å²) in [4.78, 5) is 21.0. The molecule has 6 nitrogen and oxygen atoms in total. The minimum absolute atomic E-state index is 0.0661. The molecule has 1 aromatic rings. The number of anilines is 1. The maximum absolute atomic E-state index is 11.0. The van der Waals surface area contributed by atoms with Crippen LogP contribution >= 0.6 is 0 Å². The molecule has 0 spiro atoms. The number of methoxy groups -OCH3 is 1. The number of carbonyl (C=O) groups is 2. The van der Waals surface area contributed by atoms with E-state index in [0.717, 1.165) is 0 Å². The summed E-state index contributed by atoms with van der Waals surface area (Å²) in [5.74, 6) is -0.621. The summed E-state index contributed by atoms with van der Waals surface area (Å²) in [6, 6.07) is 4.58. The lowest BCUT2D eigenvalue weighted by Gasteiger charge is -2.10. The highest BCUT2D eigenvalue weighted by molar-refractivity contribution is 5.94. The molecule has 0 saturated heterocycles. The third-order valence-corrected chi connectivity index (χ3v) is 1.92. The highest BCUT2D eigenvalue weighted by atomic mass is 16.5. The lowest BCUT2D eigenvalue weighted by molar-refractivity contribution is -0.104. The molecule has 1 rings (SSSR count). The van der Waals surface area contributed by atoms with Crippen LogP contribution < -0.4 is 15.6 Å². The Balaban J connectivity index is 2.86. The van der Waals surface area contributed by atoms with Gasteiger partial charge in [-0.25, -0.2) is 4.79 Å². The van der Waals surface area contributed by atoms with Gasteiger partial charge < -0.3 is 20.7 Å². The number of ether oxygens (including phenoxy) is 1. The van der Waals surface area contributed by atoms with Gasteiger partial charge in [0, 0.05) is 6.20 Å². The lowest BCUT2D eigenvalue weighted by Crippen LogP contribution is -2.17. The van der Waals surface area contributed by atoms with E-state index in [-0.39, 0.29) is 5.56 Å². The summed E-state index contributed by atoms with van der Waals surface area (Å²) in [7, 11) is 1.46. The van der Waals surface area contributed by atoms with Crippen LogP contribution in [0.3, 0.4) is 0 Å². The fourth-order valence-electron chi connectivity index (χ4n) is 1.14. The molecule has 0 fully saturated rings. The molecule has 17 heavy (non-hydrogen) atoms. The zero-order valence-electron chi connectivity index (χ0n) is 9.14. The first-order chi connectivity index (χ1) is 8.19. The van der Waals surface area contributed by atoms with E-state index >= 15 is 0 Å². The van der Waals surface area contributed by atoms with Gasteiger partial charge in [-0.2, -0.15) is 0 Å². The van der Waals surface area contributed by atoms with E-state index < -0.39 is 5.97 Å². The van der Waals surface area contributed by atoms with E-state index in [0.29, 0.717) is 17.7 Å². The summed E-state index contributed by atoms with van der Waals surface area (Å²) >= 11 is 0. The van der Waals surface area contributed by atoms with E-state index in [1.165, 1.54) is 25.5 Å². The van der Waals surface area contributed by atoms with Crippen LogP contribution in [0.2, 0.25) is 0 Å². The Morgan fingerprint density at radius 2 is 2.24 bits per heavy atom. The highest BCUT2D eigenvalue weighted by Gasteiger charge is 2.10.